The van der Waals surface area contributed by atoms with Crippen LogP contribution in [0.15, 0.2) is 249 Å². The Hall–Kier alpha value is -8.18. The predicted molar refractivity (Wildman–Crippen MR) is 273 cm³/mol. The molecular weight excluding hydrogens is 791 g/mol. The lowest BCUT2D eigenvalue weighted by atomic mass is 10.1. The summed E-state index contributed by atoms with van der Waals surface area (Å²) in [5.74, 6) is 0. The Morgan fingerprint density at radius 2 is 0.641 bits per heavy atom. The first-order chi connectivity index (χ1) is 31.8. The lowest BCUT2D eigenvalue weighted by Gasteiger charge is -2.36. The second kappa shape index (κ2) is 14.5. The van der Waals surface area contributed by atoms with Crippen LogP contribution in [0.1, 0.15) is 0 Å². The zero-order chi connectivity index (χ0) is 42.2. The SMILES string of the molecule is c1ccc(-n2c3ccccc3c3cc(-n4c5ccccc5c5ccc([Si](c6ccccc6)(c6ccccc6)c6ccccc6)c(-n6c7ccccc7c7ccccc76)c54)ccc32)cc1. The average molecular weight is 832 g/mol. The zero-order valence-corrected chi connectivity index (χ0v) is 36.0. The van der Waals surface area contributed by atoms with Gasteiger partial charge in [0, 0.05) is 43.7 Å². The van der Waals surface area contributed by atoms with Gasteiger partial charge in [-0.05, 0) is 75.3 Å². The Bertz CT molecular complexity index is 3730. The van der Waals surface area contributed by atoms with Gasteiger partial charge in [-0.15, -0.1) is 0 Å². The van der Waals surface area contributed by atoms with Gasteiger partial charge in [0.15, 0.2) is 8.07 Å². The fraction of sp³-hybridized carbons (Fsp3) is 0. The van der Waals surface area contributed by atoms with Gasteiger partial charge in [0.25, 0.3) is 0 Å². The van der Waals surface area contributed by atoms with E-state index < -0.39 is 8.07 Å². The minimum atomic E-state index is -3.12. The standard InChI is InChI=1S/C60H41N3Si/c1-5-21-42(22-6-1)61-53-33-17-16-32-50(53)52-41-43(37-39-57(52)61)62-54-34-18-15-31-49(54)51-38-40-58(60(59(51)62)63-55-35-19-13-29-47(55)48-30-14-20-36-56(48)63)64(44-23-7-2-8-24-44,45-25-9-3-10-26-45)46-27-11-4-12-28-46/h1-41H. The molecule has 64 heavy (non-hydrogen) atoms. The van der Waals surface area contributed by atoms with E-state index in [0.717, 1.165) is 11.4 Å². The summed E-state index contributed by atoms with van der Waals surface area (Å²) in [5, 5.41) is 12.7. The van der Waals surface area contributed by atoms with Crippen LogP contribution in [0.5, 0.6) is 0 Å². The molecule has 3 heterocycles. The largest absolute Gasteiger partial charge is 0.309 e. The van der Waals surface area contributed by atoms with Crippen molar-refractivity contribution in [2.75, 3.05) is 0 Å². The van der Waals surface area contributed by atoms with Crippen molar-refractivity contribution in [1.29, 1.82) is 0 Å². The molecule has 0 aliphatic carbocycles. The van der Waals surface area contributed by atoms with Crippen LogP contribution in [0.3, 0.4) is 0 Å². The smallest absolute Gasteiger partial charge is 0.181 e. The van der Waals surface area contributed by atoms with Gasteiger partial charge >= 0.3 is 0 Å². The molecule has 0 N–H and O–H groups in total. The van der Waals surface area contributed by atoms with Crippen LogP contribution in [-0.4, -0.2) is 21.8 Å². The first kappa shape index (κ1) is 36.5. The van der Waals surface area contributed by atoms with Crippen molar-refractivity contribution >= 4 is 94.2 Å². The predicted octanol–water partition coefficient (Wildman–Crippen LogP) is 12.4. The molecule has 0 atom stereocenters. The molecule has 0 saturated carbocycles. The summed E-state index contributed by atoms with van der Waals surface area (Å²) in [6.45, 7) is 0. The highest BCUT2D eigenvalue weighted by molar-refractivity contribution is 7.20. The molecule has 0 bridgehead atoms. The van der Waals surface area contributed by atoms with Gasteiger partial charge in [0.1, 0.15) is 0 Å². The van der Waals surface area contributed by atoms with E-state index in [1.54, 1.807) is 0 Å². The zero-order valence-electron chi connectivity index (χ0n) is 35.0. The van der Waals surface area contributed by atoms with E-state index in [2.05, 4.69) is 262 Å². The summed E-state index contributed by atoms with van der Waals surface area (Å²) in [5.41, 5.74) is 10.6. The third kappa shape index (κ3) is 5.21. The highest BCUT2D eigenvalue weighted by Crippen LogP contribution is 2.41. The van der Waals surface area contributed by atoms with Crippen LogP contribution >= 0.6 is 0 Å². The van der Waals surface area contributed by atoms with Gasteiger partial charge in [0.05, 0.1) is 38.8 Å². The van der Waals surface area contributed by atoms with E-state index in [0.29, 0.717) is 0 Å². The highest BCUT2D eigenvalue weighted by Gasteiger charge is 2.44. The fourth-order valence-corrected chi connectivity index (χ4v) is 15.9. The molecule has 300 valence electrons. The van der Waals surface area contributed by atoms with Gasteiger partial charge < -0.3 is 13.7 Å². The summed E-state index contributed by atoms with van der Waals surface area (Å²) in [4.78, 5) is 0. The quantitative estimate of drug-likeness (QED) is 0.112. The molecular formula is C60H41N3Si. The van der Waals surface area contributed by atoms with Crippen LogP contribution in [0.4, 0.5) is 0 Å². The van der Waals surface area contributed by atoms with Gasteiger partial charge in [-0.1, -0.05) is 194 Å². The first-order valence-electron chi connectivity index (χ1n) is 22.1. The van der Waals surface area contributed by atoms with E-state index in [-0.39, 0.29) is 0 Å². The Kier molecular flexibility index (Phi) is 8.23. The van der Waals surface area contributed by atoms with Crippen LogP contribution in [-0.2, 0) is 0 Å². The highest BCUT2D eigenvalue weighted by atomic mass is 28.3. The third-order valence-electron chi connectivity index (χ3n) is 13.6. The van der Waals surface area contributed by atoms with E-state index in [1.165, 1.54) is 91.9 Å². The molecule has 3 nitrogen and oxygen atoms in total. The maximum absolute atomic E-state index is 3.12. The van der Waals surface area contributed by atoms with Gasteiger partial charge in [-0.25, -0.2) is 0 Å². The monoisotopic (exact) mass is 831 g/mol. The van der Waals surface area contributed by atoms with Crippen molar-refractivity contribution in [2.24, 2.45) is 0 Å². The second-order valence-corrected chi connectivity index (χ2v) is 20.6. The van der Waals surface area contributed by atoms with Crippen LogP contribution in [0.25, 0.3) is 82.5 Å². The summed E-state index contributed by atoms with van der Waals surface area (Å²) in [7, 11) is -3.12. The number of para-hydroxylation sites is 5. The lowest BCUT2D eigenvalue weighted by Crippen LogP contribution is -2.75. The average Bonchev–Trinajstić information content (AvgIpc) is 4.01. The van der Waals surface area contributed by atoms with Crippen molar-refractivity contribution in [1.82, 2.24) is 13.7 Å². The van der Waals surface area contributed by atoms with Gasteiger partial charge in [-0.3, -0.25) is 0 Å². The molecule has 0 saturated heterocycles. The number of hydrogen-bond acceptors (Lipinski definition) is 0. The van der Waals surface area contributed by atoms with Crippen molar-refractivity contribution in [2.45, 2.75) is 0 Å². The number of fused-ring (bicyclic) bond motifs is 9. The molecule has 0 radical (unpaired) electrons. The molecule has 0 fully saturated rings. The Morgan fingerprint density at radius 1 is 0.250 bits per heavy atom. The summed E-state index contributed by atoms with van der Waals surface area (Å²) in [6.07, 6.45) is 0. The van der Waals surface area contributed by atoms with Gasteiger partial charge in [-0.2, -0.15) is 0 Å². The molecule has 3 aromatic heterocycles. The third-order valence-corrected chi connectivity index (χ3v) is 18.4. The molecule has 13 rings (SSSR count). The normalized spacial score (nSPS) is 12.1. The van der Waals surface area contributed by atoms with Crippen LogP contribution in [0, 0.1) is 0 Å². The minimum Gasteiger partial charge on any atom is -0.309 e. The molecule has 0 aliphatic rings. The molecule has 13 aromatic rings. The van der Waals surface area contributed by atoms with Crippen LogP contribution < -0.4 is 20.7 Å². The Balaban J connectivity index is 1.26. The van der Waals surface area contributed by atoms with E-state index in [1.807, 2.05) is 0 Å². The minimum absolute atomic E-state index is 1.13. The maximum Gasteiger partial charge on any atom is 0.181 e. The van der Waals surface area contributed by atoms with Gasteiger partial charge in [0.2, 0.25) is 0 Å². The van der Waals surface area contributed by atoms with Crippen LogP contribution in [0.2, 0.25) is 0 Å². The van der Waals surface area contributed by atoms with Crippen molar-refractivity contribution in [3.8, 4) is 17.1 Å². The molecule has 0 aliphatic heterocycles. The number of benzene rings is 10. The Labute approximate surface area is 372 Å². The Morgan fingerprint density at radius 3 is 1.16 bits per heavy atom. The fourth-order valence-electron chi connectivity index (χ4n) is 11.0. The summed E-state index contributed by atoms with van der Waals surface area (Å²) in [6, 6.07) is 92.6. The number of hydrogen-bond donors (Lipinski definition) is 0. The van der Waals surface area contributed by atoms with E-state index >= 15 is 0 Å². The molecule has 0 spiro atoms. The van der Waals surface area contributed by atoms with Crippen molar-refractivity contribution < 1.29 is 0 Å². The first-order valence-corrected chi connectivity index (χ1v) is 24.1. The van der Waals surface area contributed by atoms with E-state index in [9.17, 15) is 0 Å². The maximum atomic E-state index is 2.61. The second-order valence-electron chi connectivity index (χ2n) is 16.8. The molecule has 4 heteroatoms. The van der Waals surface area contributed by atoms with E-state index in [4.69, 9.17) is 0 Å². The number of aromatic nitrogens is 3. The summed E-state index contributed by atoms with van der Waals surface area (Å²) < 4.78 is 7.58. The lowest BCUT2D eigenvalue weighted by molar-refractivity contribution is 1.13. The summed E-state index contributed by atoms with van der Waals surface area (Å²) >= 11 is 0. The van der Waals surface area contributed by atoms with Crippen molar-refractivity contribution in [3.05, 3.63) is 249 Å². The molecule has 0 unspecified atom stereocenters. The number of rotatable bonds is 7. The topological polar surface area (TPSA) is 14.8 Å². The molecule has 0 amide bonds. The van der Waals surface area contributed by atoms with Crippen molar-refractivity contribution in [3.63, 3.8) is 0 Å². The number of nitrogens with zero attached hydrogens (tertiary/aromatic N) is 3. The molecule has 10 aromatic carbocycles.